The van der Waals surface area contributed by atoms with Gasteiger partial charge in [-0.25, -0.2) is 13.8 Å². The molecular formula is C23H28F2N8O2. The highest BCUT2D eigenvalue weighted by Crippen LogP contribution is 2.30. The van der Waals surface area contributed by atoms with Crippen molar-refractivity contribution in [2.45, 2.75) is 19.4 Å². The second-order valence-corrected chi connectivity index (χ2v) is 8.66. The average Bonchev–Trinajstić information content (AvgIpc) is 3.28. The SMILES string of the molecule is CC1CN(c2cc(N3CCOCC3)nc(-n3c(C(F)F)nc4ccccc43)n2)CCN1C(=O)CN. The van der Waals surface area contributed by atoms with E-state index in [1.54, 1.807) is 29.2 Å². The summed E-state index contributed by atoms with van der Waals surface area (Å²) in [6.07, 6.45) is -2.80. The van der Waals surface area contributed by atoms with Crippen molar-refractivity contribution in [3.8, 4) is 5.95 Å². The molecule has 35 heavy (non-hydrogen) atoms. The number of nitrogens with zero attached hydrogens (tertiary/aromatic N) is 7. The van der Waals surface area contributed by atoms with E-state index in [-0.39, 0.29) is 24.4 Å². The van der Waals surface area contributed by atoms with Gasteiger partial charge in [-0.3, -0.25) is 9.36 Å². The lowest BCUT2D eigenvalue weighted by molar-refractivity contribution is -0.132. The normalized spacial score (nSPS) is 19.1. The number of carbonyl (C=O) groups excluding carboxylic acids is 1. The van der Waals surface area contributed by atoms with Crippen LogP contribution < -0.4 is 15.5 Å². The summed E-state index contributed by atoms with van der Waals surface area (Å²) in [5, 5.41) is 0. The van der Waals surface area contributed by atoms with Gasteiger partial charge in [0, 0.05) is 44.8 Å². The minimum atomic E-state index is -2.80. The van der Waals surface area contributed by atoms with Gasteiger partial charge in [-0.05, 0) is 19.1 Å². The summed E-state index contributed by atoms with van der Waals surface area (Å²) in [5.74, 6) is 0.894. The monoisotopic (exact) mass is 486 g/mol. The lowest BCUT2D eigenvalue weighted by Crippen LogP contribution is -2.55. The fraction of sp³-hybridized carbons (Fsp3) is 0.478. The van der Waals surface area contributed by atoms with E-state index in [1.165, 1.54) is 4.57 Å². The van der Waals surface area contributed by atoms with Crippen LogP contribution in [0.1, 0.15) is 19.2 Å². The Morgan fingerprint density at radius 1 is 1.09 bits per heavy atom. The number of rotatable bonds is 5. The zero-order valence-electron chi connectivity index (χ0n) is 19.5. The fourth-order valence-corrected chi connectivity index (χ4v) is 4.68. The molecule has 3 aromatic rings. The number of anilines is 2. The number of halogens is 2. The van der Waals surface area contributed by atoms with E-state index < -0.39 is 12.2 Å². The third-order valence-electron chi connectivity index (χ3n) is 6.45. The van der Waals surface area contributed by atoms with E-state index in [0.29, 0.717) is 68.6 Å². The van der Waals surface area contributed by atoms with Gasteiger partial charge < -0.3 is 25.2 Å². The molecule has 1 atom stereocenters. The topological polar surface area (TPSA) is 106 Å². The smallest absolute Gasteiger partial charge is 0.296 e. The molecule has 0 aliphatic carbocycles. The van der Waals surface area contributed by atoms with E-state index in [9.17, 15) is 13.6 Å². The third kappa shape index (κ3) is 4.50. The van der Waals surface area contributed by atoms with Crippen LogP contribution in [0.15, 0.2) is 30.3 Å². The Labute approximate surface area is 201 Å². The molecule has 2 N–H and O–H groups in total. The van der Waals surface area contributed by atoms with Crippen molar-refractivity contribution in [3.05, 3.63) is 36.2 Å². The van der Waals surface area contributed by atoms with Crippen molar-refractivity contribution in [3.63, 3.8) is 0 Å². The molecule has 0 bridgehead atoms. The van der Waals surface area contributed by atoms with Crippen molar-refractivity contribution in [1.29, 1.82) is 0 Å². The maximum atomic E-state index is 14.0. The molecule has 0 spiro atoms. The van der Waals surface area contributed by atoms with Gasteiger partial charge in [0.15, 0.2) is 5.82 Å². The largest absolute Gasteiger partial charge is 0.378 e. The van der Waals surface area contributed by atoms with Gasteiger partial charge in [0.2, 0.25) is 11.9 Å². The summed E-state index contributed by atoms with van der Waals surface area (Å²) < 4.78 is 34.9. The molecule has 4 heterocycles. The van der Waals surface area contributed by atoms with Crippen LogP contribution in [-0.4, -0.2) is 88.9 Å². The minimum absolute atomic E-state index is 0.0344. The summed E-state index contributed by atoms with van der Waals surface area (Å²) in [5.41, 5.74) is 6.52. The van der Waals surface area contributed by atoms with Crippen LogP contribution in [0.3, 0.4) is 0 Å². The average molecular weight is 487 g/mol. The first-order valence-corrected chi connectivity index (χ1v) is 11.7. The second-order valence-electron chi connectivity index (χ2n) is 8.66. The van der Waals surface area contributed by atoms with Crippen molar-refractivity contribution < 1.29 is 18.3 Å². The molecule has 1 amide bonds. The summed E-state index contributed by atoms with van der Waals surface area (Å²) >= 11 is 0. The van der Waals surface area contributed by atoms with Gasteiger partial charge in [0.1, 0.15) is 11.6 Å². The van der Waals surface area contributed by atoms with Crippen molar-refractivity contribution >= 4 is 28.6 Å². The first-order valence-electron chi connectivity index (χ1n) is 11.7. The second kappa shape index (κ2) is 9.70. The van der Waals surface area contributed by atoms with Crippen LogP contribution in [0.25, 0.3) is 17.0 Å². The predicted molar refractivity (Wildman–Crippen MR) is 127 cm³/mol. The number of amides is 1. The Morgan fingerprint density at radius 2 is 1.80 bits per heavy atom. The van der Waals surface area contributed by atoms with Gasteiger partial charge in [-0.1, -0.05) is 12.1 Å². The van der Waals surface area contributed by atoms with Crippen molar-refractivity contribution in [2.75, 3.05) is 62.3 Å². The molecule has 12 heteroatoms. The predicted octanol–water partition coefficient (Wildman–Crippen LogP) is 1.59. The van der Waals surface area contributed by atoms with Crippen LogP contribution >= 0.6 is 0 Å². The van der Waals surface area contributed by atoms with Gasteiger partial charge in [0.25, 0.3) is 6.43 Å². The third-order valence-corrected chi connectivity index (χ3v) is 6.45. The maximum Gasteiger partial charge on any atom is 0.296 e. The minimum Gasteiger partial charge on any atom is -0.378 e. The summed E-state index contributed by atoms with van der Waals surface area (Å²) in [6.45, 7) is 5.90. The van der Waals surface area contributed by atoms with Crippen LogP contribution in [0.5, 0.6) is 0 Å². The molecule has 1 aromatic carbocycles. The van der Waals surface area contributed by atoms with E-state index >= 15 is 0 Å². The number of carbonyl (C=O) groups is 1. The van der Waals surface area contributed by atoms with E-state index in [2.05, 4.69) is 14.8 Å². The van der Waals surface area contributed by atoms with Gasteiger partial charge in [-0.2, -0.15) is 9.97 Å². The van der Waals surface area contributed by atoms with Gasteiger partial charge in [0.05, 0.1) is 30.8 Å². The molecule has 186 valence electrons. The Morgan fingerprint density at radius 3 is 2.49 bits per heavy atom. The Bertz CT molecular complexity index is 1210. The Hall–Kier alpha value is -3.38. The Kier molecular flexibility index (Phi) is 6.48. The zero-order valence-corrected chi connectivity index (χ0v) is 19.5. The number of nitrogens with two attached hydrogens (primary N) is 1. The van der Waals surface area contributed by atoms with Gasteiger partial charge in [-0.15, -0.1) is 0 Å². The highest BCUT2D eigenvalue weighted by molar-refractivity contribution is 5.79. The maximum absolute atomic E-state index is 14.0. The lowest BCUT2D eigenvalue weighted by Gasteiger charge is -2.40. The molecular weight excluding hydrogens is 458 g/mol. The number of hydrogen-bond acceptors (Lipinski definition) is 8. The van der Waals surface area contributed by atoms with Crippen molar-refractivity contribution in [2.24, 2.45) is 5.73 Å². The molecule has 1 unspecified atom stereocenters. The number of fused-ring (bicyclic) bond motifs is 1. The number of ether oxygens (including phenoxy) is 1. The van der Waals surface area contributed by atoms with E-state index in [0.717, 1.165) is 0 Å². The van der Waals surface area contributed by atoms with Crippen LogP contribution in [0, 0.1) is 0 Å². The first-order chi connectivity index (χ1) is 17.0. The number of imidazole rings is 1. The standard InChI is InChI=1S/C23H28F2N8O2/c1-15-14-31(6-7-32(15)20(34)13-26)19-12-18(30-8-10-35-11-9-30)28-23(29-19)33-17-5-3-2-4-16(17)27-22(33)21(24)25/h2-5,12,15,21H,6-11,13-14,26H2,1H3. The van der Waals surface area contributed by atoms with Gasteiger partial charge >= 0.3 is 0 Å². The number of para-hydroxylation sites is 2. The molecule has 2 aliphatic heterocycles. The quantitative estimate of drug-likeness (QED) is 0.580. The molecule has 0 saturated carbocycles. The summed E-state index contributed by atoms with van der Waals surface area (Å²) in [7, 11) is 0. The van der Waals surface area contributed by atoms with Crippen LogP contribution in [0.4, 0.5) is 20.4 Å². The Balaban J connectivity index is 1.59. The van der Waals surface area contributed by atoms with Crippen LogP contribution in [0.2, 0.25) is 0 Å². The molecule has 2 aliphatic rings. The molecule has 2 aromatic heterocycles. The zero-order chi connectivity index (χ0) is 24.5. The first kappa shape index (κ1) is 23.4. The molecule has 0 radical (unpaired) electrons. The van der Waals surface area contributed by atoms with E-state index in [1.807, 2.05) is 13.0 Å². The molecule has 10 nitrogen and oxygen atoms in total. The van der Waals surface area contributed by atoms with E-state index in [4.69, 9.17) is 20.4 Å². The number of alkyl halides is 2. The lowest BCUT2D eigenvalue weighted by atomic mass is 10.2. The molecule has 2 saturated heterocycles. The fourth-order valence-electron chi connectivity index (χ4n) is 4.68. The highest BCUT2D eigenvalue weighted by Gasteiger charge is 2.29. The van der Waals surface area contributed by atoms with Crippen LogP contribution in [-0.2, 0) is 9.53 Å². The summed E-state index contributed by atoms with van der Waals surface area (Å²) in [6, 6.07) is 8.77. The number of hydrogen-bond donors (Lipinski definition) is 1. The number of morpholine rings is 1. The number of piperazine rings is 1. The number of benzene rings is 1. The molecule has 5 rings (SSSR count). The highest BCUT2D eigenvalue weighted by atomic mass is 19.3. The van der Waals surface area contributed by atoms with Crippen molar-refractivity contribution in [1.82, 2.24) is 24.4 Å². The summed E-state index contributed by atoms with van der Waals surface area (Å²) in [4.78, 5) is 31.6. The number of aromatic nitrogens is 4. The molecule has 2 fully saturated rings.